The maximum Gasteiger partial charge on any atom is 0.242 e. The van der Waals surface area contributed by atoms with Gasteiger partial charge in [0, 0.05) is 26.4 Å². The van der Waals surface area contributed by atoms with Gasteiger partial charge in [-0.25, -0.2) is 4.98 Å². The predicted molar refractivity (Wildman–Crippen MR) is 77.6 cm³/mol. The number of amides is 1. The summed E-state index contributed by atoms with van der Waals surface area (Å²) >= 11 is 5.83. The molecule has 1 aromatic heterocycles. The first-order valence-corrected chi connectivity index (χ1v) is 6.79. The van der Waals surface area contributed by atoms with Gasteiger partial charge in [0.25, 0.3) is 0 Å². The molecular weight excluding hydrogens is 262 g/mol. The lowest BCUT2D eigenvalue weighted by atomic mass is 10.2. The van der Waals surface area contributed by atoms with E-state index >= 15 is 0 Å². The van der Waals surface area contributed by atoms with Crippen LogP contribution < -0.4 is 0 Å². The Morgan fingerprint density at radius 3 is 2.79 bits per heavy atom. The molecule has 1 amide bonds. The summed E-state index contributed by atoms with van der Waals surface area (Å²) in [5.74, 6) is 1.42. The lowest BCUT2D eigenvalue weighted by Gasteiger charge is -2.13. The fraction of sp³-hybridized carbons (Fsp3) is 0.429. The summed E-state index contributed by atoms with van der Waals surface area (Å²) in [6, 6.07) is 6.01. The van der Waals surface area contributed by atoms with Crippen molar-refractivity contribution in [2.24, 2.45) is 0 Å². The van der Waals surface area contributed by atoms with E-state index in [1.807, 2.05) is 29.7 Å². The molecule has 102 valence electrons. The molecule has 0 unspecified atom stereocenters. The van der Waals surface area contributed by atoms with E-state index in [2.05, 4.69) is 4.98 Å². The van der Waals surface area contributed by atoms with Crippen molar-refractivity contribution < 1.29 is 4.79 Å². The van der Waals surface area contributed by atoms with Crippen LogP contribution in [0.2, 0.25) is 0 Å². The summed E-state index contributed by atoms with van der Waals surface area (Å²) < 4.78 is 1.97. The number of hydrogen-bond acceptors (Lipinski definition) is 2. The van der Waals surface area contributed by atoms with Crippen molar-refractivity contribution in [2.75, 3.05) is 20.0 Å². The van der Waals surface area contributed by atoms with Gasteiger partial charge in [0.15, 0.2) is 0 Å². The monoisotopic (exact) mass is 279 g/mol. The van der Waals surface area contributed by atoms with Gasteiger partial charge < -0.3 is 9.47 Å². The van der Waals surface area contributed by atoms with Crippen LogP contribution in [-0.2, 0) is 17.8 Å². The zero-order valence-corrected chi connectivity index (χ0v) is 12.2. The lowest BCUT2D eigenvalue weighted by molar-refractivity contribution is -0.129. The summed E-state index contributed by atoms with van der Waals surface area (Å²) in [5, 5.41) is 0. The van der Waals surface area contributed by atoms with Gasteiger partial charge in [0.05, 0.1) is 11.0 Å². The van der Waals surface area contributed by atoms with E-state index in [0.717, 1.165) is 22.4 Å². The molecule has 0 radical (unpaired) electrons. The lowest BCUT2D eigenvalue weighted by Crippen LogP contribution is -2.27. The van der Waals surface area contributed by atoms with Crippen molar-refractivity contribution in [1.82, 2.24) is 14.5 Å². The third-order valence-electron chi connectivity index (χ3n) is 3.17. The zero-order valence-electron chi connectivity index (χ0n) is 11.5. The summed E-state index contributed by atoms with van der Waals surface area (Å²) in [4.78, 5) is 18.2. The predicted octanol–water partition coefficient (Wildman–Crippen LogP) is 2.21. The van der Waals surface area contributed by atoms with Crippen LogP contribution in [0.3, 0.4) is 0 Å². The van der Waals surface area contributed by atoms with Crippen LogP contribution in [0.15, 0.2) is 18.2 Å². The van der Waals surface area contributed by atoms with Crippen LogP contribution in [0.25, 0.3) is 11.0 Å². The molecule has 0 saturated heterocycles. The molecule has 1 heterocycles. The molecule has 2 aromatic rings. The molecule has 1 aromatic carbocycles. The first-order chi connectivity index (χ1) is 9.04. The largest absolute Gasteiger partial charge is 0.347 e. The molecule has 19 heavy (non-hydrogen) atoms. The first kappa shape index (κ1) is 13.9. The van der Waals surface area contributed by atoms with Gasteiger partial charge in [0.2, 0.25) is 5.91 Å². The summed E-state index contributed by atoms with van der Waals surface area (Å²) in [6.07, 6.45) is 0.663. The molecule has 0 N–H and O–H groups in total. The number of rotatable bonds is 4. The molecule has 0 spiro atoms. The maximum absolute atomic E-state index is 11.9. The molecule has 0 bridgehead atoms. The van der Waals surface area contributed by atoms with E-state index in [1.54, 1.807) is 19.0 Å². The zero-order chi connectivity index (χ0) is 14.0. The molecule has 2 rings (SSSR count). The second-order valence-corrected chi connectivity index (χ2v) is 5.16. The van der Waals surface area contributed by atoms with Crippen LogP contribution in [0, 0.1) is 6.92 Å². The minimum absolute atomic E-state index is 0.0524. The molecule has 0 atom stereocenters. The van der Waals surface area contributed by atoms with Gasteiger partial charge in [-0.1, -0.05) is 12.1 Å². The Kier molecular flexibility index (Phi) is 4.10. The van der Waals surface area contributed by atoms with Crippen molar-refractivity contribution in [1.29, 1.82) is 0 Å². The second kappa shape index (κ2) is 5.61. The standard InChI is InChI=1S/C14H18ClN3O/c1-10-5-4-6-11-14(10)16-12(7-8-15)18(11)9-13(19)17(2)3/h4-6H,7-9H2,1-3H3. The van der Waals surface area contributed by atoms with Gasteiger partial charge in [-0.2, -0.15) is 0 Å². The van der Waals surface area contributed by atoms with Gasteiger partial charge >= 0.3 is 0 Å². The van der Waals surface area contributed by atoms with Crippen LogP contribution in [0.5, 0.6) is 0 Å². The highest BCUT2D eigenvalue weighted by Gasteiger charge is 2.15. The van der Waals surface area contributed by atoms with Crippen LogP contribution in [0.4, 0.5) is 0 Å². The number of benzene rings is 1. The number of carbonyl (C=O) groups excluding carboxylic acids is 1. The molecule has 0 saturated carbocycles. The van der Waals surface area contributed by atoms with E-state index in [0.29, 0.717) is 18.8 Å². The number of nitrogens with zero attached hydrogens (tertiary/aromatic N) is 3. The van der Waals surface area contributed by atoms with Crippen LogP contribution >= 0.6 is 11.6 Å². The quantitative estimate of drug-likeness (QED) is 0.805. The highest BCUT2D eigenvalue weighted by molar-refractivity contribution is 6.17. The number of alkyl halides is 1. The van der Waals surface area contributed by atoms with Crippen molar-refractivity contribution in [3.63, 3.8) is 0 Å². The van der Waals surface area contributed by atoms with Crippen molar-refractivity contribution in [2.45, 2.75) is 19.9 Å². The second-order valence-electron chi connectivity index (χ2n) is 4.78. The number of carbonyl (C=O) groups is 1. The fourth-order valence-electron chi connectivity index (χ4n) is 2.06. The average molecular weight is 280 g/mol. The number of imidazole rings is 1. The maximum atomic E-state index is 11.9. The number of halogens is 1. The normalized spacial score (nSPS) is 10.9. The van der Waals surface area contributed by atoms with Crippen molar-refractivity contribution >= 4 is 28.5 Å². The van der Waals surface area contributed by atoms with Crippen LogP contribution in [-0.4, -0.2) is 40.3 Å². The van der Waals surface area contributed by atoms with E-state index in [9.17, 15) is 4.79 Å². The van der Waals surface area contributed by atoms with E-state index in [4.69, 9.17) is 11.6 Å². The summed E-state index contributed by atoms with van der Waals surface area (Å²) in [7, 11) is 3.52. The number of likely N-dealkylation sites (N-methyl/N-ethyl adjacent to an activating group) is 1. The van der Waals surface area contributed by atoms with Crippen LogP contribution in [0.1, 0.15) is 11.4 Å². The SMILES string of the molecule is Cc1cccc2c1nc(CCCl)n2CC(=O)N(C)C. The number of aryl methyl sites for hydroxylation is 2. The average Bonchev–Trinajstić information content (AvgIpc) is 2.70. The number of hydrogen-bond donors (Lipinski definition) is 0. The summed E-state index contributed by atoms with van der Waals surface area (Å²) in [6.45, 7) is 2.33. The van der Waals surface area contributed by atoms with Gasteiger partial charge in [0.1, 0.15) is 12.4 Å². The van der Waals surface area contributed by atoms with Gasteiger partial charge in [-0.3, -0.25) is 4.79 Å². The molecule has 0 aliphatic carbocycles. The first-order valence-electron chi connectivity index (χ1n) is 6.25. The minimum Gasteiger partial charge on any atom is -0.347 e. The Morgan fingerprint density at radius 1 is 1.42 bits per heavy atom. The topological polar surface area (TPSA) is 38.1 Å². The smallest absolute Gasteiger partial charge is 0.242 e. The fourth-order valence-corrected chi connectivity index (χ4v) is 2.23. The van der Waals surface area contributed by atoms with E-state index < -0.39 is 0 Å². The summed E-state index contributed by atoms with van der Waals surface area (Å²) in [5.41, 5.74) is 3.06. The molecule has 0 aliphatic rings. The molecule has 5 heteroatoms. The Morgan fingerprint density at radius 2 is 2.16 bits per heavy atom. The van der Waals surface area contributed by atoms with E-state index in [-0.39, 0.29) is 5.91 Å². The number of aromatic nitrogens is 2. The Bertz CT molecular complexity index is 604. The minimum atomic E-state index is 0.0524. The third kappa shape index (κ3) is 2.73. The molecule has 0 aliphatic heterocycles. The number of fused-ring (bicyclic) bond motifs is 1. The van der Waals surface area contributed by atoms with Gasteiger partial charge in [-0.15, -0.1) is 11.6 Å². The van der Waals surface area contributed by atoms with E-state index in [1.165, 1.54) is 0 Å². The van der Waals surface area contributed by atoms with Crippen molar-refractivity contribution in [3.8, 4) is 0 Å². The third-order valence-corrected chi connectivity index (χ3v) is 3.36. The highest BCUT2D eigenvalue weighted by atomic mass is 35.5. The Labute approximate surface area is 118 Å². The number of para-hydroxylation sites is 1. The highest BCUT2D eigenvalue weighted by Crippen LogP contribution is 2.20. The molecule has 4 nitrogen and oxygen atoms in total. The Balaban J connectivity index is 2.52. The molecule has 0 fully saturated rings. The van der Waals surface area contributed by atoms with Crippen molar-refractivity contribution in [3.05, 3.63) is 29.6 Å². The van der Waals surface area contributed by atoms with Gasteiger partial charge in [-0.05, 0) is 18.6 Å². The Hall–Kier alpha value is -1.55. The molecular formula is C14H18ClN3O.